The quantitative estimate of drug-likeness (QED) is 0.683. The molecule has 0 saturated heterocycles. The third-order valence-corrected chi connectivity index (χ3v) is 3.38. The highest BCUT2D eigenvalue weighted by Gasteiger charge is 2.10. The second-order valence-electron chi connectivity index (χ2n) is 3.05. The molecule has 2 aromatic rings. The van der Waals surface area contributed by atoms with Crippen LogP contribution in [0.1, 0.15) is 10.4 Å². The number of benzene rings is 2. The van der Waals surface area contributed by atoms with Crippen LogP contribution < -0.4 is 0 Å². The highest BCUT2D eigenvalue weighted by molar-refractivity contribution is 6.48. The molecule has 4 heteroatoms. The van der Waals surface area contributed by atoms with E-state index in [9.17, 15) is 4.79 Å². The van der Waals surface area contributed by atoms with Crippen molar-refractivity contribution in [2.24, 2.45) is 0 Å². The maximum absolute atomic E-state index is 10.7. The van der Waals surface area contributed by atoms with E-state index in [2.05, 4.69) is 0 Å². The summed E-state index contributed by atoms with van der Waals surface area (Å²) in [5.74, 6) is 0. The normalized spacial score (nSPS) is 10.6. The average Bonchev–Trinajstić information content (AvgIpc) is 2.24. The van der Waals surface area contributed by atoms with Crippen molar-refractivity contribution >= 4 is 51.9 Å². The lowest BCUT2D eigenvalue weighted by molar-refractivity contribution is 0.112. The number of carbonyl (C=O) groups is 1. The molecule has 0 spiro atoms. The van der Waals surface area contributed by atoms with Crippen LogP contribution in [0.4, 0.5) is 0 Å². The van der Waals surface area contributed by atoms with E-state index in [4.69, 9.17) is 34.8 Å². The van der Waals surface area contributed by atoms with E-state index >= 15 is 0 Å². The Kier molecular flexibility index (Phi) is 2.87. The Bertz CT molecular complexity index is 549. The third kappa shape index (κ3) is 1.71. The first-order chi connectivity index (χ1) is 7.15. The lowest BCUT2D eigenvalue weighted by Crippen LogP contribution is -1.85. The molecule has 0 atom stereocenters. The molecule has 0 aliphatic carbocycles. The van der Waals surface area contributed by atoms with Crippen LogP contribution in [0.3, 0.4) is 0 Å². The Hall–Kier alpha value is -0.760. The first-order valence-electron chi connectivity index (χ1n) is 4.16. The van der Waals surface area contributed by atoms with Crippen LogP contribution in [0.15, 0.2) is 24.3 Å². The summed E-state index contributed by atoms with van der Waals surface area (Å²) in [7, 11) is 0. The molecule has 0 radical (unpaired) electrons. The van der Waals surface area contributed by atoms with Gasteiger partial charge in [-0.05, 0) is 17.5 Å². The van der Waals surface area contributed by atoms with Crippen molar-refractivity contribution in [3.8, 4) is 0 Å². The molecule has 0 N–H and O–H groups in total. The molecule has 2 aromatic carbocycles. The molecule has 0 aromatic heterocycles. The van der Waals surface area contributed by atoms with Crippen molar-refractivity contribution in [1.82, 2.24) is 0 Å². The van der Waals surface area contributed by atoms with Gasteiger partial charge in [0.2, 0.25) is 0 Å². The Morgan fingerprint density at radius 3 is 2.27 bits per heavy atom. The van der Waals surface area contributed by atoms with Gasteiger partial charge in [0.15, 0.2) is 6.29 Å². The lowest BCUT2D eigenvalue weighted by atomic mass is 10.1. The Morgan fingerprint density at radius 1 is 0.933 bits per heavy atom. The van der Waals surface area contributed by atoms with Gasteiger partial charge in [-0.25, -0.2) is 0 Å². The van der Waals surface area contributed by atoms with Crippen LogP contribution in [-0.4, -0.2) is 6.29 Å². The SMILES string of the molecule is O=Cc1ccc2ccc(Cl)c(Cl)c2c1Cl. The van der Waals surface area contributed by atoms with Crippen molar-refractivity contribution in [1.29, 1.82) is 0 Å². The average molecular weight is 260 g/mol. The summed E-state index contributed by atoms with van der Waals surface area (Å²) >= 11 is 17.9. The largest absolute Gasteiger partial charge is 0.298 e. The molecule has 0 saturated carbocycles. The third-order valence-electron chi connectivity index (χ3n) is 2.17. The molecule has 1 nitrogen and oxygen atoms in total. The highest BCUT2D eigenvalue weighted by Crippen LogP contribution is 2.36. The van der Waals surface area contributed by atoms with Gasteiger partial charge in [-0.1, -0.05) is 46.9 Å². The smallest absolute Gasteiger partial charge is 0.151 e. The molecule has 0 heterocycles. The van der Waals surface area contributed by atoms with Crippen LogP contribution in [0.25, 0.3) is 10.8 Å². The number of fused-ring (bicyclic) bond motifs is 1. The minimum absolute atomic E-state index is 0.343. The van der Waals surface area contributed by atoms with Crippen LogP contribution in [0.2, 0.25) is 15.1 Å². The van der Waals surface area contributed by atoms with Gasteiger partial charge in [-0.2, -0.15) is 0 Å². The van der Waals surface area contributed by atoms with Gasteiger partial charge in [0.1, 0.15) is 0 Å². The second-order valence-corrected chi connectivity index (χ2v) is 4.21. The van der Waals surface area contributed by atoms with Gasteiger partial charge >= 0.3 is 0 Å². The van der Waals surface area contributed by atoms with Gasteiger partial charge in [0, 0.05) is 10.9 Å². The summed E-state index contributed by atoms with van der Waals surface area (Å²) < 4.78 is 0. The molecule has 0 unspecified atom stereocenters. The molecule has 2 rings (SSSR count). The summed E-state index contributed by atoms with van der Waals surface area (Å²) in [6.45, 7) is 0. The molecular formula is C11H5Cl3O. The van der Waals surface area contributed by atoms with Crippen LogP contribution in [0.5, 0.6) is 0 Å². The van der Waals surface area contributed by atoms with Crippen LogP contribution in [-0.2, 0) is 0 Å². The molecule has 0 bridgehead atoms. The van der Waals surface area contributed by atoms with E-state index < -0.39 is 0 Å². The van der Waals surface area contributed by atoms with Gasteiger partial charge < -0.3 is 0 Å². The van der Waals surface area contributed by atoms with Gasteiger partial charge in [-0.3, -0.25) is 4.79 Å². The number of rotatable bonds is 1. The Balaban J connectivity index is 2.95. The fourth-order valence-corrected chi connectivity index (χ4v) is 2.20. The zero-order valence-corrected chi connectivity index (χ0v) is 9.70. The fraction of sp³-hybridized carbons (Fsp3) is 0. The first kappa shape index (κ1) is 10.7. The van der Waals surface area contributed by atoms with Gasteiger partial charge in [0.05, 0.1) is 15.1 Å². The highest BCUT2D eigenvalue weighted by atomic mass is 35.5. The number of hydrogen-bond acceptors (Lipinski definition) is 1. The number of carbonyl (C=O) groups excluding carboxylic acids is 1. The molecule has 0 fully saturated rings. The Labute approximate surface area is 102 Å². The molecule has 15 heavy (non-hydrogen) atoms. The van der Waals surface area contributed by atoms with Crippen molar-refractivity contribution < 1.29 is 4.79 Å². The second kappa shape index (κ2) is 4.01. The summed E-state index contributed by atoms with van der Waals surface area (Å²) in [6.07, 6.45) is 0.693. The van der Waals surface area contributed by atoms with E-state index in [1.54, 1.807) is 18.2 Å². The maximum atomic E-state index is 10.7. The lowest BCUT2D eigenvalue weighted by Gasteiger charge is -2.06. The van der Waals surface area contributed by atoms with Crippen LogP contribution >= 0.6 is 34.8 Å². The number of aldehydes is 1. The van der Waals surface area contributed by atoms with Gasteiger partial charge in [-0.15, -0.1) is 0 Å². The fourth-order valence-electron chi connectivity index (χ4n) is 1.42. The summed E-state index contributed by atoms with van der Waals surface area (Å²) in [4.78, 5) is 10.7. The number of hydrogen-bond donors (Lipinski definition) is 0. The van der Waals surface area contributed by atoms with E-state index in [1.807, 2.05) is 6.07 Å². The predicted octanol–water partition coefficient (Wildman–Crippen LogP) is 4.61. The molecular weight excluding hydrogens is 254 g/mol. The number of halogens is 3. The molecule has 0 aliphatic heterocycles. The zero-order chi connectivity index (χ0) is 11.0. The first-order valence-corrected chi connectivity index (χ1v) is 5.30. The van der Waals surface area contributed by atoms with Crippen molar-refractivity contribution in [2.75, 3.05) is 0 Å². The zero-order valence-electron chi connectivity index (χ0n) is 7.43. The predicted molar refractivity (Wildman–Crippen MR) is 64.4 cm³/mol. The standard InChI is InChI=1S/C11H5Cl3O/c12-8-4-3-6-1-2-7(5-15)10(13)9(6)11(8)14/h1-5H. The monoisotopic (exact) mass is 258 g/mol. The maximum Gasteiger partial charge on any atom is 0.151 e. The summed E-state index contributed by atoms with van der Waals surface area (Å²) in [6, 6.07) is 6.95. The summed E-state index contributed by atoms with van der Waals surface area (Å²) in [5, 5.41) is 2.63. The van der Waals surface area contributed by atoms with Crippen molar-refractivity contribution in [2.45, 2.75) is 0 Å². The van der Waals surface area contributed by atoms with Crippen LogP contribution in [0, 0.1) is 0 Å². The van der Waals surface area contributed by atoms with E-state index in [1.165, 1.54) is 0 Å². The minimum atomic E-state index is 0.343. The van der Waals surface area contributed by atoms with Crippen molar-refractivity contribution in [3.05, 3.63) is 44.9 Å². The minimum Gasteiger partial charge on any atom is -0.298 e. The van der Waals surface area contributed by atoms with Crippen molar-refractivity contribution in [3.63, 3.8) is 0 Å². The van der Waals surface area contributed by atoms with E-state index in [0.717, 1.165) is 5.39 Å². The van der Waals surface area contributed by atoms with E-state index in [-0.39, 0.29) is 0 Å². The topological polar surface area (TPSA) is 17.1 Å². The summed E-state index contributed by atoms with van der Waals surface area (Å²) in [5.41, 5.74) is 0.410. The Morgan fingerprint density at radius 2 is 1.60 bits per heavy atom. The molecule has 76 valence electrons. The van der Waals surface area contributed by atoms with E-state index in [0.29, 0.717) is 32.3 Å². The molecule has 0 amide bonds. The van der Waals surface area contributed by atoms with Gasteiger partial charge in [0.25, 0.3) is 0 Å². The molecule has 0 aliphatic rings.